The summed E-state index contributed by atoms with van der Waals surface area (Å²) in [5.41, 5.74) is 4.90. The molecule has 1 atom stereocenters. The van der Waals surface area contributed by atoms with E-state index in [1.54, 1.807) is 47.8 Å². The summed E-state index contributed by atoms with van der Waals surface area (Å²) in [5.74, 6) is 2.41. The van der Waals surface area contributed by atoms with Gasteiger partial charge in [0.25, 0.3) is 0 Å². The van der Waals surface area contributed by atoms with E-state index in [2.05, 4.69) is 17.6 Å². The van der Waals surface area contributed by atoms with Crippen molar-refractivity contribution >= 4 is 46.0 Å². The van der Waals surface area contributed by atoms with Crippen molar-refractivity contribution in [3.63, 3.8) is 0 Å². The topological polar surface area (TPSA) is 131 Å². The molecular weight excluding hydrogens is 627 g/mol. The first-order valence-corrected chi connectivity index (χ1v) is 17.1. The molecule has 45 heavy (non-hydrogen) atoms. The highest BCUT2D eigenvalue weighted by atomic mass is 32.2. The molecule has 0 aliphatic carbocycles. The van der Waals surface area contributed by atoms with Gasteiger partial charge in [0.05, 0.1) is 22.9 Å². The number of ether oxygens (including phenoxy) is 2. The van der Waals surface area contributed by atoms with Gasteiger partial charge in [-0.1, -0.05) is 0 Å². The summed E-state index contributed by atoms with van der Waals surface area (Å²) in [5, 5.41) is 25.8. The first-order valence-electron chi connectivity index (χ1n) is 13.1. The average molecular weight is 660 g/mol. The zero-order valence-electron chi connectivity index (χ0n) is 25.7. The summed E-state index contributed by atoms with van der Waals surface area (Å²) in [7, 11) is 3.89. The maximum atomic E-state index is 10.9. The van der Waals surface area contributed by atoms with Crippen LogP contribution in [0, 0.1) is 34.0 Å². The molecule has 0 radical (unpaired) electrons. The zero-order chi connectivity index (χ0) is 33.2. The Hall–Kier alpha value is -4.64. The molecule has 12 heteroatoms. The maximum Gasteiger partial charge on any atom is 0.176 e. The molecule has 0 aliphatic rings. The minimum Gasteiger partial charge on any atom is -0.456 e. The molecule has 4 rings (SSSR count). The van der Waals surface area contributed by atoms with E-state index in [0.29, 0.717) is 34.1 Å². The molecule has 4 aromatic rings. The highest BCUT2D eigenvalue weighted by Gasteiger charge is 2.08. The molecule has 0 heterocycles. The summed E-state index contributed by atoms with van der Waals surface area (Å²) in [6, 6.07) is 31.9. The van der Waals surface area contributed by atoms with Crippen molar-refractivity contribution in [3.8, 4) is 41.2 Å². The minimum atomic E-state index is -1.44. The van der Waals surface area contributed by atoms with E-state index in [9.17, 15) is 14.7 Å². The fourth-order valence-electron chi connectivity index (χ4n) is 3.39. The standard InChI is InChI=1S/C16H16N2OS.C15H14N2O3S2.C2H3N/c1-18(2)13-4-9-16(12(10-13)11-17)19-14-5-7-15(20-3)8-6-14;1-21-14-6-4-13(5-7-14)19-15-8-3-12(9-11(15)10-16)17-20-22(2)18;1-2-3/h4-10H,1-3H3;3-9,17H,1-2H3;1H3. The molecule has 9 nitrogen and oxygen atoms in total. The highest BCUT2D eigenvalue weighted by molar-refractivity contribution is 7.98. The van der Waals surface area contributed by atoms with Crippen LogP contribution in [-0.2, 0) is 15.4 Å². The van der Waals surface area contributed by atoms with Crippen LogP contribution in [0.1, 0.15) is 18.1 Å². The van der Waals surface area contributed by atoms with Crippen LogP contribution < -0.4 is 19.9 Å². The van der Waals surface area contributed by atoms with E-state index in [-0.39, 0.29) is 0 Å². The Kier molecular flexibility index (Phi) is 15.9. The number of anilines is 2. The average Bonchev–Trinajstić information content (AvgIpc) is 3.05. The van der Waals surface area contributed by atoms with E-state index in [4.69, 9.17) is 19.0 Å². The lowest BCUT2D eigenvalue weighted by Gasteiger charge is -2.14. The van der Waals surface area contributed by atoms with Gasteiger partial charge in [0.15, 0.2) is 11.1 Å². The Balaban J connectivity index is 0.000000289. The smallest absolute Gasteiger partial charge is 0.176 e. The minimum absolute atomic E-state index is 0.351. The largest absolute Gasteiger partial charge is 0.456 e. The van der Waals surface area contributed by atoms with Crippen molar-refractivity contribution < 1.29 is 18.0 Å². The van der Waals surface area contributed by atoms with E-state index in [0.717, 1.165) is 16.3 Å². The zero-order valence-corrected chi connectivity index (χ0v) is 28.2. The van der Waals surface area contributed by atoms with Gasteiger partial charge in [-0.2, -0.15) is 20.1 Å². The highest BCUT2D eigenvalue weighted by Crippen LogP contribution is 2.30. The fraction of sp³-hybridized carbons (Fsp3) is 0.182. The van der Waals surface area contributed by atoms with Crippen molar-refractivity contribution in [1.82, 2.24) is 0 Å². The predicted molar refractivity (Wildman–Crippen MR) is 183 cm³/mol. The monoisotopic (exact) mass is 659 g/mol. The molecule has 0 fully saturated rings. The maximum absolute atomic E-state index is 10.9. The first kappa shape index (κ1) is 36.6. The lowest BCUT2D eigenvalue weighted by atomic mass is 10.2. The fourth-order valence-corrected chi connectivity index (χ4v) is 4.42. The third-order valence-corrected chi connectivity index (χ3v) is 7.36. The number of rotatable bonds is 10. The Bertz CT molecular complexity index is 1680. The summed E-state index contributed by atoms with van der Waals surface area (Å²) in [4.78, 5) is 4.27. The molecule has 0 saturated heterocycles. The summed E-state index contributed by atoms with van der Waals surface area (Å²) >= 11 is 1.89. The molecule has 1 unspecified atom stereocenters. The van der Waals surface area contributed by atoms with Gasteiger partial charge < -0.3 is 14.4 Å². The SMILES string of the molecule is CC#N.CSc1ccc(Oc2ccc(N(C)C)cc2C#N)cc1.CSc1ccc(Oc2ccc(NOS(C)=O)cc2C#N)cc1. The van der Waals surface area contributed by atoms with E-state index in [1.165, 1.54) is 18.1 Å². The molecule has 232 valence electrons. The Morgan fingerprint density at radius 3 is 1.58 bits per heavy atom. The summed E-state index contributed by atoms with van der Waals surface area (Å²) in [6.07, 6.45) is 5.43. The predicted octanol–water partition coefficient (Wildman–Crippen LogP) is 8.38. The van der Waals surface area contributed by atoms with Crippen LogP contribution in [-0.4, -0.2) is 37.1 Å². The van der Waals surface area contributed by atoms with Crippen LogP contribution in [0.25, 0.3) is 0 Å². The molecular formula is C33H33N5O4S3. The van der Waals surface area contributed by atoms with Crippen molar-refractivity contribution in [2.24, 2.45) is 0 Å². The molecule has 0 saturated carbocycles. The number of benzene rings is 4. The van der Waals surface area contributed by atoms with Gasteiger partial charge in [0.2, 0.25) is 0 Å². The van der Waals surface area contributed by atoms with Gasteiger partial charge in [0.1, 0.15) is 35.1 Å². The normalized spacial score (nSPS) is 10.2. The second-order valence-corrected chi connectivity index (χ2v) is 11.6. The van der Waals surface area contributed by atoms with Gasteiger partial charge in [-0.05, 0) is 97.4 Å². The number of nitrogens with one attached hydrogen (secondary N) is 1. The van der Waals surface area contributed by atoms with E-state index >= 15 is 0 Å². The second-order valence-electron chi connectivity index (χ2n) is 8.87. The van der Waals surface area contributed by atoms with Crippen molar-refractivity contribution in [2.75, 3.05) is 43.2 Å². The summed E-state index contributed by atoms with van der Waals surface area (Å²) in [6.45, 7) is 1.43. The van der Waals surface area contributed by atoms with Gasteiger partial charge in [-0.25, -0.2) is 4.21 Å². The number of hydrogen-bond donors (Lipinski definition) is 1. The van der Waals surface area contributed by atoms with Crippen molar-refractivity contribution in [3.05, 3.63) is 96.1 Å². The first-order chi connectivity index (χ1) is 21.7. The molecule has 0 spiro atoms. The van der Waals surface area contributed by atoms with E-state index < -0.39 is 11.1 Å². The number of nitrogens with zero attached hydrogens (tertiary/aromatic N) is 4. The Morgan fingerprint density at radius 2 is 1.18 bits per heavy atom. The Labute approximate surface area is 276 Å². The van der Waals surface area contributed by atoms with Gasteiger partial charge in [-0.15, -0.1) is 23.5 Å². The third-order valence-electron chi connectivity index (χ3n) is 5.55. The molecule has 0 aromatic heterocycles. The Morgan fingerprint density at radius 1 is 0.733 bits per heavy atom. The van der Waals surface area contributed by atoms with Crippen LogP contribution in [0.15, 0.2) is 94.7 Å². The van der Waals surface area contributed by atoms with Gasteiger partial charge in [-0.3, -0.25) is 5.48 Å². The molecule has 0 amide bonds. The molecule has 0 bridgehead atoms. The third kappa shape index (κ3) is 12.5. The van der Waals surface area contributed by atoms with Gasteiger partial charge >= 0.3 is 0 Å². The number of hydrogen-bond acceptors (Lipinski definition) is 11. The molecule has 4 aromatic carbocycles. The van der Waals surface area contributed by atoms with Crippen LogP contribution in [0.5, 0.6) is 23.0 Å². The second kappa shape index (κ2) is 19.6. The quantitative estimate of drug-likeness (QED) is 0.130. The number of thioether (sulfide) groups is 2. The lowest BCUT2D eigenvalue weighted by molar-refractivity contribution is 0.439. The summed E-state index contributed by atoms with van der Waals surface area (Å²) < 4.78 is 27.2. The van der Waals surface area contributed by atoms with Crippen molar-refractivity contribution in [2.45, 2.75) is 16.7 Å². The van der Waals surface area contributed by atoms with Crippen molar-refractivity contribution in [1.29, 1.82) is 15.8 Å². The van der Waals surface area contributed by atoms with E-state index in [1.807, 2.05) is 98.2 Å². The van der Waals surface area contributed by atoms with Crippen LogP contribution >= 0.6 is 23.5 Å². The number of nitriles is 3. The van der Waals surface area contributed by atoms with Crippen LogP contribution in [0.4, 0.5) is 11.4 Å². The van der Waals surface area contributed by atoms with Gasteiger partial charge in [0, 0.05) is 42.8 Å². The lowest BCUT2D eigenvalue weighted by Crippen LogP contribution is -2.08. The van der Waals surface area contributed by atoms with Crippen LogP contribution in [0.2, 0.25) is 0 Å². The van der Waals surface area contributed by atoms with Crippen LogP contribution in [0.3, 0.4) is 0 Å². The molecule has 1 N–H and O–H groups in total. The molecule has 0 aliphatic heterocycles.